The summed E-state index contributed by atoms with van der Waals surface area (Å²) in [6, 6.07) is 15.8. The minimum Gasteiger partial charge on any atom is -0.379 e. The minimum atomic E-state index is -0.143. The van der Waals surface area contributed by atoms with E-state index in [2.05, 4.69) is 39.9 Å². The van der Waals surface area contributed by atoms with Gasteiger partial charge in [0.2, 0.25) is 0 Å². The maximum atomic E-state index is 14.5. The van der Waals surface area contributed by atoms with E-state index in [1.807, 2.05) is 12.1 Å². The Bertz CT molecular complexity index is 1310. The van der Waals surface area contributed by atoms with Gasteiger partial charge < -0.3 is 10.1 Å². The lowest BCUT2D eigenvalue weighted by molar-refractivity contribution is 0.0331. The van der Waals surface area contributed by atoms with Crippen molar-refractivity contribution >= 4 is 39.1 Å². The van der Waals surface area contributed by atoms with Gasteiger partial charge in [-0.2, -0.15) is 0 Å². The molecule has 6 rings (SSSR count). The second-order valence-electron chi connectivity index (χ2n) is 8.56. The van der Waals surface area contributed by atoms with E-state index >= 15 is 0 Å². The molecular formula is C26H25FN4OS2. The number of hydrogen-bond acceptors (Lipinski definition) is 7. The first-order chi connectivity index (χ1) is 16.8. The molecule has 1 fully saturated rings. The van der Waals surface area contributed by atoms with Crippen LogP contribution in [0.2, 0.25) is 0 Å². The monoisotopic (exact) mass is 492 g/mol. The van der Waals surface area contributed by atoms with Gasteiger partial charge in [0.05, 0.1) is 31.2 Å². The molecule has 2 aromatic carbocycles. The van der Waals surface area contributed by atoms with Crippen LogP contribution in [0.1, 0.15) is 23.9 Å². The van der Waals surface area contributed by atoms with Crippen molar-refractivity contribution in [1.82, 2.24) is 14.9 Å². The number of aromatic nitrogens is 2. The third-order valence-corrected chi connectivity index (χ3v) is 8.40. The minimum absolute atomic E-state index is 0.00445. The van der Waals surface area contributed by atoms with E-state index in [9.17, 15) is 4.39 Å². The van der Waals surface area contributed by atoms with Gasteiger partial charge in [0.1, 0.15) is 22.3 Å². The second kappa shape index (κ2) is 9.62. The summed E-state index contributed by atoms with van der Waals surface area (Å²) in [6.45, 7) is 3.95. The highest BCUT2D eigenvalue weighted by atomic mass is 32.2. The maximum Gasteiger partial charge on any atom is 0.146 e. The van der Waals surface area contributed by atoms with Gasteiger partial charge in [0, 0.05) is 34.7 Å². The lowest BCUT2D eigenvalue weighted by Crippen LogP contribution is -2.36. The normalized spacial score (nSPS) is 18.7. The number of rotatable bonds is 5. The topological polar surface area (TPSA) is 50.3 Å². The van der Waals surface area contributed by atoms with Crippen LogP contribution >= 0.6 is 23.1 Å². The molecule has 2 aliphatic rings. The lowest BCUT2D eigenvalue weighted by Gasteiger charge is -2.28. The number of morpholine rings is 1. The molecule has 0 bridgehead atoms. The van der Waals surface area contributed by atoms with Crippen molar-refractivity contribution in [3.63, 3.8) is 0 Å². The molecule has 0 aliphatic carbocycles. The predicted octanol–water partition coefficient (Wildman–Crippen LogP) is 5.98. The third-order valence-electron chi connectivity index (χ3n) is 6.37. The highest BCUT2D eigenvalue weighted by Gasteiger charge is 2.26. The zero-order valence-electron chi connectivity index (χ0n) is 18.7. The summed E-state index contributed by atoms with van der Waals surface area (Å²) in [5.74, 6) is 2.37. The Morgan fingerprint density at radius 2 is 1.91 bits per heavy atom. The zero-order chi connectivity index (χ0) is 22.9. The van der Waals surface area contributed by atoms with Crippen LogP contribution in [0.25, 0.3) is 21.3 Å². The number of hydrogen-bond donors (Lipinski definition) is 1. The number of halogens is 1. The number of thiophene rings is 1. The molecule has 5 nitrogen and oxygen atoms in total. The molecule has 2 aromatic heterocycles. The van der Waals surface area contributed by atoms with Gasteiger partial charge in [-0.25, -0.2) is 14.4 Å². The molecular weight excluding hydrogens is 467 g/mol. The third kappa shape index (κ3) is 4.31. The number of anilines is 1. The first-order valence-electron chi connectivity index (χ1n) is 11.6. The summed E-state index contributed by atoms with van der Waals surface area (Å²) >= 11 is 3.25. The van der Waals surface area contributed by atoms with Crippen LogP contribution in [0.5, 0.6) is 0 Å². The first-order valence-corrected chi connectivity index (χ1v) is 13.4. The maximum absolute atomic E-state index is 14.5. The Balaban J connectivity index is 1.43. The summed E-state index contributed by atoms with van der Waals surface area (Å²) in [4.78, 5) is 14.1. The average Bonchev–Trinajstić information content (AvgIpc) is 3.30. The van der Waals surface area contributed by atoms with Crippen molar-refractivity contribution in [1.29, 1.82) is 0 Å². The van der Waals surface area contributed by atoms with Crippen molar-refractivity contribution < 1.29 is 9.13 Å². The van der Waals surface area contributed by atoms with Gasteiger partial charge in [0.25, 0.3) is 0 Å². The van der Waals surface area contributed by atoms with Crippen LogP contribution < -0.4 is 5.32 Å². The molecule has 34 heavy (non-hydrogen) atoms. The molecule has 2 aliphatic heterocycles. The molecule has 8 heteroatoms. The van der Waals surface area contributed by atoms with Crippen molar-refractivity contribution in [3.05, 3.63) is 71.1 Å². The van der Waals surface area contributed by atoms with E-state index in [4.69, 9.17) is 14.7 Å². The highest BCUT2D eigenvalue weighted by Crippen LogP contribution is 2.42. The molecule has 174 valence electrons. The van der Waals surface area contributed by atoms with Crippen molar-refractivity contribution in [2.75, 3.05) is 37.4 Å². The second-order valence-corrected chi connectivity index (χ2v) is 10.5. The molecule has 4 aromatic rings. The fraction of sp³-hybridized carbons (Fsp3) is 0.308. The Labute approximate surface area is 206 Å². The van der Waals surface area contributed by atoms with Crippen molar-refractivity contribution in [2.45, 2.75) is 23.9 Å². The van der Waals surface area contributed by atoms with Crippen LogP contribution in [0, 0.1) is 5.82 Å². The quantitative estimate of drug-likeness (QED) is 0.370. The van der Waals surface area contributed by atoms with E-state index in [-0.39, 0.29) is 11.9 Å². The first kappa shape index (κ1) is 22.0. The molecule has 0 amide bonds. The van der Waals surface area contributed by atoms with Crippen molar-refractivity contribution in [2.24, 2.45) is 0 Å². The van der Waals surface area contributed by atoms with Gasteiger partial charge in [-0.05, 0) is 23.6 Å². The molecule has 4 heterocycles. The van der Waals surface area contributed by atoms with Crippen LogP contribution in [0.3, 0.4) is 0 Å². The van der Waals surface area contributed by atoms with Crippen molar-refractivity contribution in [3.8, 4) is 11.1 Å². The van der Waals surface area contributed by atoms with Crippen LogP contribution in [-0.4, -0.2) is 46.9 Å². The number of thioether (sulfide) groups is 1. The number of fused-ring (bicyclic) bond motifs is 2. The fourth-order valence-corrected chi connectivity index (χ4v) is 6.76. The molecule has 1 unspecified atom stereocenters. The number of benzene rings is 2. The number of nitrogens with one attached hydrogen (secondary N) is 1. The van der Waals surface area contributed by atoms with E-state index in [1.54, 1.807) is 35.2 Å². The molecule has 1 N–H and O–H groups in total. The Kier molecular flexibility index (Phi) is 6.22. The molecule has 1 saturated heterocycles. The smallest absolute Gasteiger partial charge is 0.146 e. The summed E-state index contributed by atoms with van der Waals surface area (Å²) < 4.78 is 20.0. The average molecular weight is 493 g/mol. The van der Waals surface area contributed by atoms with Crippen LogP contribution in [0.15, 0.2) is 58.8 Å². The van der Waals surface area contributed by atoms with Gasteiger partial charge in [-0.15, -0.1) is 23.1 Å². The molecule has 0 radical (unpaired) electrons. The van der Waals surface area contributed by atoms with E-state index in [1.165, 1.54) is 0 Å². The van der Waals surface area contributed by atoms with Gasteiger partial charge >= 0.3 is 0 Å². The van der Waals surface area contributed by atoms with Gasteiger partial charge in [0.15, 0.2) is 0 Å². The Morgan fingerprint density at radius 1 is 1.06 bits per heavy atom. The largest absolute Gasteiger partial charge is 0.379 e. The SMILES string of the molecule is Fc1cccc2c1SCCC2Nc1nc(CN2CCOCC2)nc2scc(-c3ccccc3)c12. The highest BCUT2D eigenvalue weighted by molar-refractivity contribution is 7.99. The number of ether oxygens (including phenoxy) is 1. The predicted molar refractivity (Wildman–Crippen MR) is 137 cm³/mol. The van der Waals surface area contributed by atoms with Gasteiger partial charge in [-0.3, -0.25) is 4.90 Å². The standard InChI is InChI=1S/C26H25FN4OS2/c27-20-8-4-7-18-21(9-14-33-24(18)20)28-25-23-19(17-5-2-1-3-6-17)16-34-26(23)30-22(29-25)15-31-10-12-32-13-11-31/h1-8,16,21H,9-15H2,(H,28,29,30). The Morgan fingerprint density at radius 3 is 2.76 bits per heavy atom. The summed E-state index contributed by atoms with van der Waals surface area (Å²) in [7, 11) is 0. The summed E-state index contributed by atoms with van der Waals surface area (Å²) in [6.07, 6.45) is 0.913. The van der Waals surface area contributed by atoms with E-state index in [0.29, 0.717) is 6.54 Å². The number of nitrogens with zero attached hydrogens (tertiary/aromatic N) is 3. The molecule has 0 spiro atoms. The van der Waals surface area contributed by atoms with Crippen LogP contribution in [0.4, 0.5) is 10.2 Å². The summed E-state index contributed by atoms with van der Waals surface area (Å²) in [5, 5.41) is 6.92. The van der Waals surface area contributed by atoms with Crippen LogP contribution in [-0.2, 0) is 11.3 Å². The Hall–Kier alpha value is -2.52. The van der Waals surface area contributed by atoms with E-state index in [0.717, 1.165) is 81.9 Å². The summed E-state index contributed by atoms with van der Waals surface area (Å²) in [5.41, 5.74) is 3.28. The fourth-order valence-electron chi connectivity index (χ4n) is 4.65. The zero-order valence-corrected chi connectivity index (χ0v) is 20.3. The molecule has 1 atom stereocenters. The van der Waals surface area contributed by atoms with E-state index < -0.39 is 0 Å². The van der Waals surface area contributed by atoms with Gasteiger partial charge in [-0.1, -0.05) is 42.5 Å². The molecule has 0 saturated carbocycles. The lowest BCUT2D eigenvalue weighted by atomic mass is 10.0.